The van der Waals surface area contributed by atoms with Crippen LogP contribution >= 0.6 is 0 Å². The van der Waals surface area contributed by atoms with E-state index >= 15 is 0 Å². The monoisotopic (exact) mass is 328 g/mol. The molecule has 8 heteroatoms. The van der Waals surface area contributed by atoms with Crippen LogP contribution in [0, 0.1) is 12.7 Å². The first-order valence-electron chi connectivity index (χ1n) is 7.48. The van der Waals surface area contributed by atoms with Crippen LogP contribution in [0.4, 0.5) is 10.3 Å². The summed E-state index contributed by atoms with van der Waals surface area (Å²) in [5.74, 6) is -0.363. The highest BCUT2D eigenvalue weighted by Crippen LogP contribution is 2.10. The quantitative estimate of drug-likeness (QED) is 0.778. The molecule has 1 N–H and O–H groups in total. The topological polar surface area (TPSA) is 77.6 Å². The molecule has 0 saturated carbocycles. The molecular weight excluding hydrogens is 311 g/mol. The number of carbonyl (C=O) groups is 1. The van der Waals surface area contributed by atoms with E-state index in [4.69, 9.17) is 0 Å². The second kappa shape index (κ2) is 6.61. The van der Waals surface area contributed by atoms with Crippen LogP contribution in [0.1, 0.15) is 24.2 Å². The first-order chi connectivity index (χ1) is 11.5. The molecule has 1 unspecified atom stereocenters. The highest BCUT2D eigenvalue weighted by molar-refractivity contribution is 5.91. The molecule has 24 heavy (non-hydrogen) atoms. The molecule has 0 bridgehead atoms. The SMILES string of the molecule is Cc1ccn(C(C)C(=O)Nc2ncn(Cc3cccc(F)c3)n2)n1. The van der Waals surface area contributed by atoms with Gasteiger partial charge in [0.25, 0.3) is 5.91 Å². The van der Waals surface area contributed by atoms with Crippen LogP contribution in [-0.4, -0.2) is 30.5 Å². The van der Waals surface area contributed by atoms with Crippen molar-refractivity contribution in [3.8, 4) is 0 Å². The summed E-state index contributed by atoms with van der Waals surface area (Å²) >= 11 is 0. The Hall–Kier alpha value is -3.03. The molecule has 0 radical (unpaired) electrons. The third-order valence-electron chi connectivity index (χ3n) is 3.52. The van der Waals surface area contributed by atoms with Crippen molar-refractivity contribution in [3.05, 3.63) is 59.9 Å². The van der Waals surface area contributed by atoms with E-state index < -0.39 is 6.04 Å². The lowest BCUT2D eigenvalue weighted by atomic mass is 10.2. The van der Waals surface area contributed by atoms with E-state index in [0.717, 1.165) is 11.3 Å². The lowest BCUT2D eigenvalue weighted by Gasteiger charge is -2.10. The van der Waals surface area contributed by atoms with Crippen molar-refractivity contribution in [3.63, 3.8) is 0 Å². The number of hydrogen-bond donors (Lipinski definition) is 1. The first kappa shape index (κ1) is 15.9. The van der Waals surface area contributed by atoms with Gasteiger partial charge in [-0.15, -0.1) is 5.10 Å². The van der Waals surface area contributed by atoms with Gasteiger partial charge in [0.2, 0.25) is 5.95 Å². The lowest BCUT2D eigenvalue weighted by Crippen LogP contribution is -2.24. The average molecular weight is 328 g/mol. The van der Waals surface area contributed by atoms with Crippen molar-refractivity contribution in [2.45, 2.75) is 26.4 Å². The number of benzene rings is 1. The molecule has 0 aliphatic rings. The molecule has 1 atom stereocenters. The molecule has 124 valence electrons. The second-order valence-electron chi connectivity index (χ2n) is 5.50. The second-order valence-corrected chi connectivity index (χ2v) is 5.50. The van der Waals surface area contributed by atoms with Gasteiger partial charge in [-0.3, -0.25) is 14.8 Å². The summed E-state index contributed by atoms with van der Waals surface area (Å²) in [5, 5.41) is 11.0. The van der Waals surface area contributed by atoms with E-state index in [-0.39, 0.29) is 17.7 Å². The molecule has 7 nitrogen and oxygen atoms in total. The maximum atomic E-state index is 13.2. The van der Waals surface area contributed by atoms with Gasteiger partial charge in [0, 0.05) is 6.20 Å². The molecule has 0 fully saturated rings. The minimum atomic E-state index is -0.478. The molecule has 3 rings (SSSR count). The number of hydrogen-bond acceptors (Lipinski definition) is 4. The number of carbonyl (C=O) groups excluding carboxylic acids is 1. The highest BCUT2D eigenvalue weighted by atomic mass is 19.1. The smallest absolute Gasteiger partial charge is 0.251 e. The van der Waals surface area contributed by atoms with E-state index in [0.29, 0.717) is 6.54 Å². The summed E-state index contributed by atoms with van der Waals surface area (Å²) in [4.78, 5) is 16.3. The molecule has 0 aliphatic heterocycles. The van der Waals surface area contributed by atoms with Crippen LogP contribution in [0.5, 0.6) is 0 Å². The predicted octanol–water partition coefficient (Wildman–Crippen LogP) is 2.17. The van der Waals surface area contributed by atoms with Gasteiger partial charge >= 0.3 is 0 Å². The number of nitrogens with one attached hydrogen (secondary N) is 1. The first-order valence-corrected chi connectivity index (χ1v) is 7.48. The summed E-state index contributed by atoms with van der Waals surface area (Å²) in [5.41, 5.74) is 1.60. The van der Waals surface area contributed by atoms with Gasteiger partial charge < -0.3 is 0 Å². The third-order valence-corrected chi connectivity index (χ3v) is 3.52. The van der Waals surface area contributed by atoms with Gasteiger partial charge in [-0.2, -0.15) is 5.10 Å². The lowest BCUT2D eigenvalue weighted by molar-refractivity contribution is -0.119. The van der Waals surface area contributed by atoms with Crippen LogP contribution in [0.2, 0.25) is 0 Å². The van der Waals surface area contributed by atoms with Gasteiger partial charge in [-0.05, 0) is 37.6 Å². The normalized spacial score (nSPS) is 12.1. The van der Waals surface area contributed by atoms with Crippen LogP contribution < -0.4 is 5.32 Å². The zero-order valence-electron chi connectivity index (χ0n) is 13.3. The Labute approximate surface area is 138 Å². The Balaban J connectivity index is 1.64. The number of nitrogens with zero attached hydrogens (tertiary/aromatic N) is 5. The standard InChI is InChI=1S/C16H17FN6O/c1-11-6-7-23(20-11)12(2)15(24)19-16-18-10-22(21-16)9-13-4-3-5-14(17)8-13/h3-8,10,12H,9H2,1-2H3,(H,19,21,24). The molecule has 2 heterocycles. The maximum Gasteiger partial charge on any atom is 0.251 e. The molecule has 2 aromatic heterocycles. The van der Waals surface area contributed by atoms with Gasteiger partial charge in [-0.25, -0.2) is 14.1 Å². The van der Waals surface area contributed by atoms with E-state index in [9.17, 15) is 9.18 Å². The number of rotatable bonds is 5. The van der Waals surface area contributed by atoms with Crippen molar-refractivity contribution in [1.29, 1.82) is 0 Å². The number of amides is 1. The zero-order chi connectivity index (χ0) is 17.1. The van der Waals surface area contributed by atoms with E-state index in [1.165, 1.54) is 23.1 Å². The molecule has 1 aromatic carbocycles. The molecular formula is C16H17FN6O. The third kappa shape index (κ3) is 3.65. The Morgan fingerprint density at radius 3 is 2.88 bits per heavy atom. The van der Waals surface area contributed by atoms with Crippen molar-refractivity contribution in [2.24, 2.45) is 0 Å². The van der Waals surface area contributed by atoms with Gasteiger partial charge in [-0.1, -0.05) is 12.1 Å². The van der Waals surface area contributed by atoms with E-state index in [1.807, 2.05) is 13.0 Å². The minimum absolute atomic E-state index is 0.201. The van der Waals surface area contributed by atoms with Crippen LogP contribution in [0.25, 0.3) is 0 Å². The molecule has 0 aliphatic carbocycles. The van der Waals surface area contributed by atoms with Crippen LogP contribution in [-0.2, 0) is 11.3 Å². The van der Waals surface area contributed by atoms with Gasteiger partial charge in [0.15, 0.2) is 0 Å². The zero-order valence-corrected chi connectivity index (χ0v) is 13.3. The Morgan fingerprint density at radius 2 is 2.17 bits per heavy atom. The predicted molar refractivity (Wildman–Crippen MR) is 85.8 cm³/mol. The van der Waals surface area contributed by atoms with Crippen LogP contribution in [0.3, 0.4) is 0 Å². The van der Waals surface area contributed by atoms with Crippen molar-refractivity contribution in [1.82, 2.24) is 24.5 Å². The summed E-state index contributed by atoms with van der Waals surface area (Å²) in [6, 6.07) is 7.60. The van der Waals surface area contributed by atoms with E-state index in [2.05, 4.69) is 20.5 Å². The Bertz CT molecular complexity index is 856. The molecule has 3 aromatic rings. The Morgan fingerprint density at radius 1 is 1.33 bits per heavy atom. The number of aromatic nitrogens is 5. The fourth-order valence-corrected chi connectivity index (χ4v) is 2.23. The van der Waals surface area contributed by atoms with Crippen molar-refractivity contribution in [2.75, 3.05) is 5.32 Å². The minimum Gasteiger partial charge on any atom is -0.291 e. The Kier molecular flexibility index (Phi) is 4.37. The maximum absolute atomic E-state index is 13.2. The van der Waals surface area contributed by atoms with Crippen molar-refractivity contribution < 1.29 is 9.18 Å². The fourth-order valence-electron chi connectivity index (χ4n) is 2.23. The largest absolute Gasteiger partial charge is 0.291 e. The van der Waals surface area contributed by atoms with Crippen LogP contribution in [0.15, 0.2) is 42.9 Å². The molecule has 1 amide bonds. The summed E-state index contributed by atoms with van der Waals surface area (Å²) in [6.45, 7) is 3.97. The van der Waals surface area contributed by atoms with Crippen molar-refractivity contribution >= 4 is 11.9 Å². The summed E-state index contributed by atoms with van der Waals surface area (Å²) in [6.07, 6.45) is 3.23. The fraction of sp³-hybridized carbons (Fsp3) is 0.250. The summed E-state index contributed by atoms with van der Waals surface area (Å²) in [7, 11) is 0. The number of halogens is 1. The number of anilines is 1. The highest BCUT2D eigenvalue weighted by Gasteiger charge is 2.17. The van der Waals surface area contributed by atoms with Gasteiger partial charge in [0.1, 0.15) is 18.2 Å². The van der Waals surface area contributed by atoms with Gasteiger partial charge in [0.05, 0.1) is 12.2 Å². The molecule has 0 spiro atoms. The summed E-state index contributed by atoms with van der Waals surface area (Å²) < 4.78 is 16.3. The average Bonchev–Trinajstić information content (AvgIpc) is 3.16. The van der Waals surface area contributed by atoms with E-state index in [1.54, 1.807) is 29.9 Å². The number of aryl methyl sites for hydroxylation is 1. The molecule has 0 saturated heterocycles.